The third-order valence-corrected chi connectivity index (χ3v) is 5.87. The summed E-state index contributed by atoms with van der Waals surface area (Å²) in [6, 6.07) is 3.67. The average molecular weight is 297 g/mol. The van der Waals surface area contributed by atoms with E-state index in [1.54, 1.807) is 16.7 Å². The summed E-state index contributed by atoms with van der Waals surface area (Å²) in [5, 5.41) is 0. The molecule has 6 heteroatoms. The number of nitrogens with two attached hydrogens (primary N) is 1. The van der Waals surface area contributed by atoms with Crippen LogP contribution in [-0.2, 0) is 16.4 Å². The SMILES string of the molecule is CC1CCN(S(=O)(=O)CCc2ccncc2)C(CN)C1. The van der Waals surface area contributed by atoms with Crippen LogP contribution in [0.5, 0.6) is 0 Å². The summed E-state index contributed by atoms with van der Waals surface area (Å²) in [6.07, 6.45) is 5.69. The fourth-order valence-electron chi connectivity index (χ4n) is 2.72. The van der Waals surface area contributed by atoms with Crippen molar-refractivity contribution in [2.45, 2.75) is 32.2 Å². The lowest BCUT2D eigenvalue weighted by atomic mass is 9.94. The maximum atomic E-state index is 12.5. The third kappa shape index (κ3) is 3.77. The summed E-state index contributed by atoms with van der Waals surface area (Å²) in [6.45, 7) is 3.16. The number of aromatic nitrogens is 1. The molecule has 2 atom stereocenters. The van der Waals surface area contributed by atoms with Crippen molar-refractivity contribution in [2.75, 3.05) is 18.8 Å². The van der Waals surface area contributed by atoms with Crippen molar-refractivity contribution in [3.63, 3.8) is 0 Å². The van der Waals surface area contributed by atoms with Crippen LogP contribution < -0.4 is 5.73 Å². The van der Waals surface area contributed by atoms with E-state index >= 15 is 0 Å². The van der Waals surface area contributed by atoms with E-state index in [1.807, 2.05) is 12.1 Å². The number of hydrogen-bond donors (Lipinski definition) is 1. The molecule has 0 spiro atoms. The Bertz CT molecular complexity index is 518. The van der Waals surface area contributed by atoms with E-state index in [0.29, 0.717) is 25.4 Å². The van der Waals surface area contributed by atoms with E-state index < -0.39 is 10.0 Å². The van der Waals surface area contributed by atoms with Crippen molar-refractivity contribution in [1.82, 2.24) is 9.29 Å². The average Bonchev–Trinajstić information content (AvgIpc) is 2.46. The Labute approximate surface area is 121 Å². The van der Waals surface area contributed by atoms with Crippen molar-refractivity contribution in [2.24, 2.45) is 11.7 Å². The van der Waals surface area contributed by atoms with Crippen molar-refractivity contribution >= 4 is 10.0 Å². The quantitative estimate of drug-likeness (QED) is 0.880. The Kier molecular flexibility index (Phi) is 5.12. The zero-order valence-corrected chi connectivity index (χ0v) is 12.7. The molecule has 1 fully saturated rings. The molecule has 1 aliphatic rings. The van der Waals surface area contributed by atoms with Crippen LogP contribution in [0.25, 0.3) is 0 Å². The van der Waals surface area contributed by atoms with Crippen LogP contribution in [0.1, 0.15) is 25.3 Å². The van der Waals surface area contributed by atoms with Gasteiger partial charge in [-0.15, -0.1) is 0 Å². The summed E-state index contributed by atoms with van der Waals surface area (Å²) in [5.74, 6) is 0.692. The lowest BCUT2D eigenvalue weighted by Gasteiger charge is -2.36. The fraction of sp³-hybridized carbons (Fsp3) is 0.643. The Hall–Kier alpha value is -0.980. The zero-order chi connectivity index (χ0) is 14.6. The summed E-state index contributed by atoms with van der Waals surface area (Å²) >= 11 is 0. The summed E-state index contributed by atoms with van der Waals surface area (Å²) in [5.41, 5.74) is 6.74. The maximum absolute atomic E-state index is 12.5. The minimum atomic E-state index is -3.23. The van der Waals surface area contributed by atoms with Gasteiger partial charge in [-0.1, -0.05) is 6.92 Å². The first-order valence-corrected chi connectivity index (χ1v) is 8.72. The molecule has 0 amide bonds. The molecule has 1 saturated heterocycles. The summed E-state index contributed by atoms with van der Waals surface area (Å²) in [7, 11) is -3.23. The molecular formula is C14H23N3O2S. The second kappa shape index (κ2) is 6.65. The van der Waals surface area contributed by atoms with Gasteiger partial charge in [0.05, 0.1) is 5.75 Å². The van der Waals surface area contributed by atoms with Gasteiger partial charge < -0.3 is 5.73 Å². The minimum absolute atomic E-state index is 0.0406. The fourth-order valence-corrected chi connectivity index (χ4v) is 4.46. The van der Waals surface area contributed by atoms with Crippen LogP contribution in [0, 0.1) is 5.92 Å². The molecule has 5 nitrogen and oxygen atoms in total. The molecule has 2 rings (SSSR count). The van der Waals surface area contributed by atoms with Crippen LogP contribution in [0.3, 0.4) is 0 Å². The number of nitrogens with zero attached hydrogens (tertiary/aromatic N) is 2. The molecule has 0 bridgehead atoms. The predicted octanol–water partition coefficient (Wildman–Crippen LogP) is 1.01. The molecule has 2 unspecified atom stereocenters. The molecule has 0 aromatic carbocycles. The number of piperidine rings is 1. The van der Waals surface area contributed by atoms with Gasteiger partial charge in [-0.2, -0.15) is 4.31 Å². The Balaban J connectivity index is 2.02. The molecule has 20 heavy (non-hydrogen) atoms. The van der Waals surface area contributed by atoms with E-state index in [9.17, 15) is 8.42 Å². The number of hydrogen-bond acceptors (Lipinski definition) is 4. The highest BCUT2D eigenvalue weighted by molar-refractivity contribution is 7.89. The lowest BCUT2D eigenvalue weighted by molar-refractivity contribution is 0.211. The van der Waals surface area contributed by atoms with E-state index in [2.05, 4.69) is 11.9 Å². The van der Waals surface area contributed by atoms with Crippen LogP contribution in [0.15, 0.2) is 24.5 Å². The molecule has 0 radical (unpaired) electrons. The highest BCUT2D eigenvalue weighted by Gasteiger charge is 2.33. The van der Waals surface area contributed by atoms with Crippen LogP contribution >= 0.6 is 0 Å². The highest BCUT2D eigenvalue weighted by Crippen LogP contribution is 2.25. The monoisotopic (exact) mass is 297 g/mol. The van der Waals surface area contributed by atoms with Gasteiger partial charge in [0.1, 0.15) is 0 Å². The summed E-state index contributed by atoms with van der Waals surface area (Å²) in [4.78, 5) is 3.94. The molecule has 1 aromatic heterocycles. The van der Waals surface area contributed by atoms with Crippen molar-refractivity contribution in [1.29, 1.82) is 0 Å². The van der Waals surface area contributed by atoms with E-state index in [0.717, 1.165) is 18.4 Å². The van der Waals surface area contributed by atoms with E-state index in [1.165, 1.54) is 0 Å². The Morgan fingerprint density at radius 3 is 2.75 bits per heavy atom. The lowest BCUT2D eigenvalue weighted by Crippen LogP contribution is -2.50. The second-order valence-electron chi connectivity index (χ2n) is 5.55. The molecule has 1 aromatic rings. The number of sulfonamides is 1. The molecule has 2 N–H and O–H groups in total. The van der Waals surface area contributed by atoms with Gasteiger partial charge >= 0.3 is 0 Å². The summed E-state index contributed by atoms with van der Waals surface area (Å²) < 4.78 is 26.6. The first kappa shape index (κ1) is 15.4. The van der Waals surface area contributed by atoms with Gasteiger partial charge in [0.15, 0.2) is 0 Å². The van der Waals surface area contributed by atoms with Gasteiger partial charge in [0, 0.05) is 31.5 Å². The third-order valence-electron chi connectivity index (χ3n) is 3.95. The predicted molar refractivity (Wildman–Crippen MR) is 79.7 cm³/mol. The van der Waals surface area contributed by atoms with Gasteiger partial charge in [0.2, 0.25) is 10.0 Å². The zero-order valence-electron chi connectivity index (χ0n) is 11.9. The first-order valence-electron chi connectivity index (χ1n) is 7.11. The van der Waals surface area contributed by atoms with Crippen LogP contribution in [-0.4, -0.2) is 42.6 Å². The maximum Gasteiger partial charge on any atom is 0.214 e. The van der Waals surface area contributed by atoms with Crippen LogP contribution in [0.4, 0.5) is 0 Å². The van der Waals surface area contributed by atoms with E-state index in [4.69, 9.17) is 5.73 Å². The van der Waals surface area contributed by atoms with Gasteiger partial charge in [-0.3, -0.25) is 4.98 Å². The molecule has 112 valence electrons. The second-order valence-corrected chi connectivity index (χ2v) is 7.59. The Morgan fingerprint density at radius 1 is 1.40 bits per heavy atom. The minimum Gasteiger partial charge on any atom is -0.329 e. The standard InChI is InChI=1S/C14H23N3O2S/c1-12-4-8-17(14(10-12)11-15)20(18,19)9-5-13-2-6-16-7-3-13/h2-3,6-7,12,14H,4-5,8-11,15H2,1H3. The number of aryl methyl sites for hydroxylation is 1. The van der Waals surface area contributed by atoms with Crippen molar-refractivity contribution in [3.8, 4) is 0 Å². The molecular weight excluding hydrogens is 274 g/mol. The van der Waals surface area contributed by atoms with Gasteiger partial charge in [-0.25, -0.2) is 8.42 Å². The van der Waals surface area contributed by atoms with Crippen molar-refractivity contribution in [3.05, 3.63) is 30.1 Å². The molecule has 0 aliphatic carbocycles. The normalized spacial score (nSPS) is 24.7. The first-order chi connectivity index (χ1) is 9.53. The molecule has 0 saturated carbocycles. The van der Waals surface area contributed by atoms with Gasteiger partial charge in [-0.05, 0) is 42.9 Å². The Morgan fingerprint density at radius 2 is 2.10 bits per heavy atom. The van der Waals surface area contributed by atoms with Crippen LogP contribution in [0.2, 0.25) is 0 Å². The molecule has 2 heterocycles. The molecule has 1 aliphatic heterocycles. The largest absolute Gasteiger partial charge is 0.329 e. The van der Waals surface area contributed by atoms with E-state index in [-0.39, 0.29) is 11.8 Å². The number of rotatable bonds is 5. The van der Waals surface area contributed by atoms with Crippen molar-refractivity contribution < 1.29 is 8.42 Å². The smallest absolute Gasteiger partial charge is 0.214 e. The van der Waals surface area contributed by atoms with Gasteiger partial charge in [0.25, 0.3) is 0 Å². The topological polar surface area (TPSA) is 76.3 Å². The highest BCUT2D eigenvalue weighted by atomic mass is 32.2. The number of pyridine rings is 1.